The summed E-state index contributed by atoms with van der Waals surface area (Å²) in [4.78, 5) is 8.17. The number of piperidine rings is 1. The molecule has 0 spiro atoms. The Bertz CT molecular complexity index is 839. The molecule has 0 radical (unpaired) electrons. The van der Waals surface area contributed by atoms with E-state index in [1.54, 1.807) is 11.3 Å². The third-order valence-corrected chi connectivity index (χ3v) is 6.33. The molecule has 2 N–H and O–H groups in total. The molecule has 0 atom stereocenters. The van der Waals surface area contributed by atoms with E-state index in [1.807, 2.05) is 18.3 Å². The molecule has 1 fully saturated rings. The highest BCUT2D eigenvalue weighted by Gasteiger charge is 2.22. The van der Waals surface area contributed by atoms with Crippen LogP contribution < -0.4 is 5.32 Å². The maximum Gasteiger partial charge on any atom is 0.121 e. The van der Waals surface area contributed by atoms with Crippen LogP contribution in [-0.4, -0.2) is 39.7 Å². The van der Waals surface area contributed by atoms with Gasteiger partial charge in [-0.15, -0.1) is 11.3 Å². The lowest BCUT2D eigenvalue weighted by Crippen LogP contribution is -2.34. The predicted molar refractivity (Wildman–Crippen MR) is 112 cm³/mol. The van der Waals surface area contributed by atoms with E-state index in [0.717, 1.165) is 55.6 Å². The summed E-state index contributed by atoms with van der Waals surface area (Å²) in [6.07, 6.45) is 5.21. The second kappa shape index (κ2) is 8.87. The van der Waals surface area contributed by atoms with E-state index in [4.69, 9.17) is 11.6 Å². The monoisotopic (exact) mass is 401 g/mol. The van der Waals surface area contributed by atoms with Gasteiger partial charge in [-0.25, -0.2) is 0 Å². The van der Waals surface area contributed by atoms with Crippen molar-refractivity contribution in [2.45, 2.75) is 31.7 Å². The van der Waals surface area contributed by atoms with Crippen LogP contribution >= 0.6 is 22.9 Å². The fourth-order valence-electron chi connectivity index (χ4n) is 3.54. The zero-order valence-corrected chi connectivity index (χ0v) is 16.8. The standard InChI is InChI=1S/C20H24ClN5S/c21-19-5-4-17(27-19)14-23-20-13-18(24-25-20)15-6-10-26(11-7-15)12-8-16-3-1-2-9-22-16/h1-5,9,13,15H,6-8,10-12,14H2,(H2,23,24,25). The van der Waals surface area contributed by atoms with Crippen molar-refractivity contribution in [3.63, 3.8) is 0 Å². The third-order valence-electron chi connectivity index (χ3n) is 5.10. The maximum atomic E-state index is 5.98. The maximum absolute atomic E-state index is 5.98. The second-order valence-electron chi connectivity index (χ2n) is 6.95. The first-order valence-corrected chi connectivity index (χ1v) is 10.6. The van der Waals surface area contributed by atoms with Crippen molar-refractivity contribution in [1.29, 1.82) is 0 Å². The zero-order valence-electron chi connectivity index (χ0n) is 15.2. The van der Waals surface area contributed by atoms with Crippen molar-refractivity contribution in [3.8, 4) is 0 Å². The summed E-state index contributed by atoms with van der Waals surface area (Å²) >= 11 is 7.58. The van der Waals surface area contributed by atoms with E-state index in [-0.39, 0.29) is 0 Å². The minimum atomic E-state index is 0.541. The highest BCUT2D eigenvalue weighted by atomic mass is 35.5. The highest BCUT2D eigenvalue weighted by Crippen LogP contribution is 2.28. The number of anilines is 1. The molecule has 142 valence electrons. The van der Waals surface area contributed by atoms with E-state index in [1.165, 1.54) is 16.3 Å². The molecule has 5 nitrogen and oxygen atoms in total. The molecule has 3 aromatic heterocycles. The van der Waals surface area contributed by atoms with Gasteiger partial charge in [0.2, 0.25) is 0 Å². The van der Waals surface area contributed by atoms with Crippen LogP contribution in [0.4, 0.5) is 5.82 Å². The van der Waals surface area contributed by atoms with E-state index < -0.39 is 0 Å². The average molecular weight is 402 g/mol. The first kappa shape index (κ1) is 18.5. The lowest BCUT2D eigenvalue weighted by Gasteiger charge is -2.31. The number of aromatic nitrogens is 3. The topological polar surface area (TPSA) is 56.8 Å². The summed E-state index contributed by atoms with van der Waals surface area (Å²) in [7, 11) is 0. The molecule has 0 aliphatic carbocycles. The van der Waals surface area contributed by atoms with Crippen LogP contribution in [0.3, 0.4) is 0 Å². The normalized spacial score (nSPS) is 15.9. The number of halogens is 1. The quantitative estimate of drug-likeness (QED) is 0.609. The summed E-state index contributed by atoms with van der Waals surface area (Å²) in [5, 5.41) is 11.1. The number of thiophene rings is 1. The second-order valence-corrected chi connectivity index (χ2v) is 8.75. The number of aromatic amines is 1. The minimum Gasteiger partial charge on any atom is -0.366 e. The molecule has 0 aromatic carbocycles. The molecule has 1 saturated heterocycles. The number of nitrogens with one attached hydrogen (secondary N) is 2. The summed E-state index contributed by atoms with van der Waals surface area (Å²) < 4.78 is 0.826. The molecule has 0 unspecified atom stereocenters. The molecular weight excluding hydrogens is 378 g/mol. The van der Waals surface area contributed by atoms with Gasteiger partial charge in [0, 0.05) is 41.7 Å². The molecule has 27 heavy (non-hydrogen) atoms. The SMILES string of the molecule is Clc1ccc(CNc2cc(C3CCN(CCc4ccccn4)CC3)n[nH]2)s1. The molecule has 4 heterocycles. The van der Waals surface area contributed by atoms with Gasteiger partial charge in [0.1, 0.15) is 5.82 Å². The zero-order chi connectivity index (χ0) is 18.5. The molecular formula is C20H24ClN5S. The first-order chi connectivity index (χ1) is 13.3. The number of hydrogen-bond donors (Lipinski definition) is 2. The number of H-pyrrole nitrogens is 1. The average Bonchev–Trinajstić information content (AvgIpc) is 3.35. The van der Waals surface area contributed by atoms with Crippen molar-refractivity contribution in [2.24, 2.45) is 0 Å². The largest absolute Gasteiger partial charge is 0.366 e. The van der Waals surface area contributed by atoms with Crippen molar-refractivity contribution in [3.05, 3.63) is 63.2 Å². The van der Waals surface area contributed by atoms with Crippen LogP contribution in [-0.2, 0) is 13.0 Å². The number of likely N-dealkylation sites (tertiary alicyclic amines) is 1. The number of pyridine rings is 1. The van der Waals surface area contributed by atoms with Crippen LogP contribution in [0.5, 0.6) is 0 Å². The van der Waals surface area contributed by atoms with Gasteiger partial charge in [-0.2, -0.15) is 5.10 Å². The Labute approximate surface area is 168 Å². The lowest BCUT2D eigenvalue weighted by molar-refractivity contribution is 0.212. The summed E-state index contributed by atoms with van der Waals surface area (Å²) in [6.45, 7) is 4.10. The van der Waals surface area contributed by atoms with Crippen molar-refractivity contribution in [1.82, 2.24) is 20.1 Å². The van der Waals surface area contributed by atoms with Gasteiger partial charge in [0.15, 0.2) is 0 Å². The lowest BCUT2D eigenvalue weighted by atomic mass is 9.93. The van der Waals surface area contributed by atoms with Gasteiger partial charge in [-0.1, -0.05) is 17.7 Å². The van der Waals surface area contributed by atoms with E-state index >= 15 is 0 Å². The smallest absolute Gasteiger partial charge is 0.121 e. The van der Waals surface area contributed by atoms with E-state index in [9.17, 15) is 0 Å². The van der Waals surface area contributed by atoms with Gasteiger partial charge in [-0.05, 0) is 50.2 Å². The highest BCUT2D eigenvalue weighted by molar-refractivity contribution is 7.16. The van der Waals surface area contributed by atoms with Crippen LogP contribution in [0.2, 0.25) is 4.34 Å². The molecule has 4 rings (SSSR count). The van der Waals surface area contributed by atoms with Crippen LogP contribution in [0.1, 0.15) is 35.0 Å². The van der Waals surface area contributed by atoms with Gasteiger partial charge in [-0.3, -0.25) is 10.1 Å². The minimum absolute atomic E-state index is 0.541. The Kier molecular flexibility index (Phi) is 6.07. The molecule has 3 aromatic rings. The molecule has 7 heteroatoms. The molecule has 0 amide bonds. The summed E-state index contributed by atoms with van der Waals surface area (Å²) in [6, 6.07) is 12.3. The predicted octanol–water partition coefficient (Wildman–Crippen LogP) is 4.55. The van der Waals surface area contributed by atoms with Crippen LogP contribution in [0.15, 0.2) is 42.6 Å². The van der Waals surface area contributed by atoms with Crippen molar-refractivity contribution in [2.75, 3.05) is 25.0 Å². The van der Waals surface area contributed by atoms with Crippen molar-refractivity contribution < 1.29 is 0 Å². The van der Waals surface area contributed by atoms with Crippen molar-refractivity contribution >= 4 is 28.8 Å². The fourth-order valence-corrected chi connectivity index (χ4v) is 4.56. The van der Waals surface area contributed by atoms with Gasteiger partial charge >= 0.3 is 0 Å². The number of hydrogen-bond acceptors (Lipinski definition) is 5. The van der Waals surface area contributed by atoms with Gasteiger partial charge in [0.25, 0.3) is 0 Å². The fraction of sp³-hybridized carbons (Fsp3) is 0.400. The molecule has 0 bridgehead atoms. The Morgan fingerprint density at radius 3 is 2.85 bits per heavy atom. The summed E-state index contributed by atoms with van der Waals surface area (Å²) in [5.41, 5.74) is 2.35. The summed E-state index contributed by atoms with van der Waals surface area (Å²) in [5.74, 6) is 1.52. The van der Waals surface area contributed by atoms with Gasteiger partial charge in [0.05, 0.1) is 16.6 Å². The Hall–Kier alpha value is -1.89. The van der Waals surface area contributed by atoms with E-state index in [2.05, 4.69) is 49.7 Å². The van der Waals surface area contributed by atoms with Gasteiger partial charge < -0.3 is 10.2 Å². The Morgan fingerprint density at radius 2 is 2.11 bits per heavy atom. The third kappa shape index (κ3) is 5.09. The molecule has 1 aliphatic heterocycles. The number of nitrogens with zero attached hydrogens (tertiary/aromatic N) is 3. The Balaban J connectivity index is 1.23. The number of rotatable bonds is 7. The molecule has 1 aliphatic rings. The van der Waals surface area contributed by atoms with Crippen LogP contribution in [0, 0.1) is 0 Å². The first-order valence-electron chi connectivity index (χ1n) is 9.42. The van der Waals surface area contributed by atoms with Crippen LogP contribution in [0.25, 0.3) is 0 Å². The molecule has 0 saturated carbocycles. The van der Waals surface area contributed by atoms with E-state index in [0.29, 0.717) is 5.92 Å². The Morgan fingerprint density at radius 1 is 1.22 bits per heavy atom.